The van der Waals surface area contributed by atoms with Crippen molar-refractivity contribution in [1.29, 1.82) is 0 Å². The van der Waals surface area contributed by atoms with Gasteiger partial charge in [-0.05, 0) is 36.0 Å². The molecule has 1 aliphatic rings. The first-order chi connectivity index (χ1) is 6.86. The molecule has 2 rings (SSSR count). The minimum Gasteiger partial charge on any atom is -0.378 e. The summed E-state index contributed by atoms with van der Waals surface area (Å²) in [4.78, 5) is 0. The van der Waals surface area contributed by atoms with E-state index in [1.807, 2.05) is 0 Å². The van der Waals surface area contributed by atoms with Gasteiger partial charge in [-0.15, -0.1) is 0 Å². The molecule has 1 aromatic heterocycles. The maximum atomic E-state index is 5.46. The Kier molecular flexibility index (Phi) is 2.62. The van der Waals surface area contributed by atoms with E-state index >= 15 is 0 Å². The topological polar surface area (TPSA) is 89.3 Å². The number of aromatic nitrogens is 2. The maximum absolute atomic E-state index is 5.46. The van der Waals surface area contributed by atoms with Gasteiger partial charge >= 0.3 is 0 Å². The smallest absolute Gasteiger partial charge is 0.235 e. The van der Waals surface area contributed by atoms with E-state index in [-0.39, 0.29) is 5.82 Å². The molecule has 0 atom stereocenters. The summed E-state index contributed by atoms with van der Waals surface area (Å²) in [7, 11) is 0. The van der Waals surface area contributed by atoms with Crippen LogP contribution in [0.5, 0.6) is 0 Å². The molecule has 6 nitrogen and oxygen atoms in total. The Bertz CT molecular complexity index is 324. The van der Waals surface area contributed by atoms with Crippen LogP contribution in [-0.4, -0.2) is 16.0 Å². The minimum absolute atomic E-state index is 0.241. The number of hydrogen-bond acceptors (Lipinski definition) is 6. The first-order valence-electron chi connectivity index (χ1n) is 4.76. The summed E-state index contributed by atoms with van der Waals surface area (Å²) in [6.45, 7) is 0. The molecule has 0 bridgehead atoms. The summed E-state index contributed by atoms with van der Waals surface area (Å²) in [5, 5.41) is 11.2. The number of anilines is 2. The Balaban J connectivity index is 1.95. The number of nitrogens with one attached hydrogen (secondary N) is 1. The molecule has 14 heavy (non-hydrogen) atoms. The van der Waals surface area contributed by atoms with Crippen LogP contribution in [0.2, 0.25) is 0 Å². The fourth-order valence-electron chi connectivity index (χ4n) is 1.48. The highest BCUT2D eigenvalue weighted by atomic mass is 16.6. The molecule has 6 heteroatoms. The standard InChI is InChI=1S/C8H13N5O/c9-7-8(13-14-12-7)11-10-6-4-2-1-3-5-6/h1-5H2,(H2,9,12)(H,11,13). The lowest BCUT2D eigenvalue weighted by molar-refractivity contribution is 0.310. The van der Waals surface area contributed by atoms with Crippen molar-refractivity contribution in [3.63, 3.8) is 0 Å². The van der Waals surface area contributed by atoms with Gasteiger partial charge in [-0.1, -0.05) is 6.42 Å². The molecule has 3 N–H and O–H groups in total. The molecule has 0 spiro atoms. The third kappa shape index (κ3) is 2.01. The van der Waals surface area contributed by atoms with Crippen LogP contribution in [0.1, 0.15) is 32.1 Å². The van der Waals surface area contributed by atoms with Gasteiger partial charge < -0.3 is 5.73 Å². The zero-order chi connectivity index (χ0) is 9.80. The number of nitrogen functional groups attached to an aromatic ring is 1. The van der Waals surface area contributed by atoms with Gasteiger partial charge in [0.2, 0.25) is 11.6 Å². The molecule has 0 radical (unpaired) electrons. The molecule has 0 aliphatic heterocycles. The third-order valence-electron chi connectivity index (χ3n) is 2.26. The fourth-order valence-corrected chi connectivity index (χ4v) is 1.48. The van der Waals surface area contributed by atoms with Crippen LogP contribution in [0.25, 0.3) is 0 Å². The Morgan fingerprint density at radius 2 is 2.00 bits per heavy atom. The van der Waals surface area contributed by atoms with Crippen molar-refractivity contribution < 1.29 is 4.63 Å². The Labute approximate surface area is 81.5 Å². The van der Waals surface area contributed by atoms with Crippen LogP contribution in [0.15, 0.2) is 9.73 Å². The minimum atomic E-state index is 0.241. The predicted molar refractivity (Wildman–Crippen MR) is 52.9 cm³/mol. The molecule has 1 heterocycles. The molecule has 0 saturated heterocycles. The summed E-state index contributed by atoms with van der Waals surface area (Å²) in [5.74, 6) is 0.633. The van der Waals surface area contributed by atoms with Gasteiger partial charge in [-0.3, -0.25) is 5.43 Å². The zero-order valence-corrected chi connectivity index (χ0v) is 7.86. The Morgan fingerprint density at radius 3 is 2.64 bits per heavy atom. The average molecular weight is 195 g/mol. The summed E-state index contributed by atoms with van der Waals surface area (Å²) in [6, 6.07) is 0. The van der Waals surface area contributed by atoms with Crippen LogP contribution in [0.4, 0.5) is 11.6 Å². The lowest BCUT2D eigenvalue weighted by Gasteiger charge is -2.11. The van der Waals surface area contributed by atoms with E-state index in [1.54, 1.807) is 0 Å². The van der Waals surface area contributed by atoms with Crippen LogP contribution in [0.3, 0.4) is 0 Å². The van der Waals surface area contributed by atoms with Crippen molar-refractivity contribution in [3.05, 3.63) is 0 Å². The Hall–Kier alpha value is -1.59. The third-order valence-corrected chi connectivity index (χ3v) is 2.26. The van der Waals surface area contributed by atoms with E-state index in [2.05, 4.69) is 25.5 Å². The van der Waals surface area contributed by atoms with Crippen molar-refractivity contribution in [2.75, 3.05) is 11.2 Å². The number of hydrogen-bond donors (Lipinski definition) is 2. The van der Waals surface area contributed by atoms with Crippen molar-refractivity contribution in [2.24, 2.45) is 5.10 Å². The van der Waals surface area contributed by atoms with Gasteiger partial charge in [0, 0.05) is 5.71 Å². The predicted octanol–water partition coefficient (Wildman–Crippen LogP) is 1.38. The highest BCUT2D eigenvalue weighted by Gasteiger charge is 2.08. The summed E-state index contributed by atoms with van der Waals surface area (Å²) < 4.78 is 4.43. The fraction of sp³-hybridized carbons (Fsp3) is 0.625. The number of nitrogens with two attached hydrogens (primary N) is 1. The van der Waals surface area contributed by atoms with Crippen LogP contribution >= 0.6 is 0 Å². The second-order valence-electron chi connectivity index (χ2n) is 3.35. The monoisotopic (exact) mass is 195 g/mol. The largest absolute Gasteiger partial charge is 0.378 e. The normalized spacial score (nSPS) is 16.7. The molecule has 1 saturated carbocycles. The molecule has 0 aromatic carbocycles. The van der Waals surface area contributed by atoms with Crippen molar-refractivity contribution in [3.8, 4) is 0 Å². The van der Waals surface area contributed by atoms with E-state index in [1.165, 1.54) is 25.0 Å². The van der Waals surface area contributed by atoms with Crippen LogP contribution in [-0.2, 0) is 0 Å². The Morgan fingerprint density at radius 1 is 1.21 bits per heavy atom. The molecule has 1 aliphatic carbocycles. The van der Waals surface area contributed by atoms with Crippen LogP contribution < -0.4 is 11.2 Å². The van der Waals surface area contributed by atoms with E-state index in [4.69, 9.17) is 5.73 Å². The van der Waals surface area contributed by atoms with Gasteiger partial charge in [0.05, 0.1) is 0 Å². The van der Waals surface area contributed by atoms with Gasteiger partial charge in [-0.25, -0.2) is 4.63 Å². The van der Waals surface area contributed by atoms with Crippen molar-refractivity contribution in [1.82, 2.24) is 10.3 Å². The molecule has 76 valence electrons. The number of rotatable bonds is 2. The van der Waals surface area contributed by atoms with E-state index in [9.17, 15) is 0 Å². The van der Waals surface area contributed by atoms with Gasteiger partial charge in [0.15, 0.2) is 0 Å². The highest BCUT2D eigenvalue weighted by molar-refractivity contribution is 5.85. The van der Waals surface area contributed by atoms with Gasteiger partial charge in [-0.2, -0.15) is 5.10 Å². The molecule has 0 amide bonds. The second-order valence-corrected chi connectivity index (χ2v) is 3.35. The van der Waals surface area contributed by atoms with Gasteiger partial charge in [0.25, 0.3) is 0 Å². The maximum Gasteiger partial charge on any atom is 0.235 e. The first kappa shape index (κ1) is 8.98. The van der Waals surface area contributed by atoms with Crippen molar-refractivity contribution >= 4 is 17.3 Å². The second kappa shape index (κ2) is 4.08. The molecular weight excluding hydrogens is 182 g/mol. The molecule has 1 fully saturated rings. The lowest BCUT2D eigenvalue weighted by Crippen LogP contribution is -2.07. The number of hydrazone groups is 1. The molecule has 0 unspecified atom stereocenters. The lowest BCUT2D eigenvalue weighted by atomic mass is 9.99. The highest BCUT2D eigenvalue weighted by Crippen LogP contribution is 2.16. The van der Waals surface area contributed by atoms with E-state index < -0.39 is 0 Å². The van der Waals surface area contributed by atoms with Gasteiger partial charge in [0.1, 0.15) is 0 Å². The average Bonchev–Trinajstić information content (AvgIpc) is 2.63. The van der Waals surface area contributed by atoms with E-state index in [0.717, 1.165) is 12.8 Å². The summed E-state index contributed by atoms with van der Waals surface area (Å²) in [5.41, 5.74) is 9.38. The molecular formula is C8H13N5O. The first-order valence-corrected chi connectivity index (χ1v) is 4.76. The van der Waals surface area contributed by atoms with E-state index in [0.29, 0.717) is 5.82 Å². The SMILES string of the molecule is Nc1nonc1NN=C1CCCCC1. The summed E-state index contributed by atoms with van der Waals surface area (Å²) >= 11 is 0. The zero-order valence-electron chi connectivity index (χ0n) is 7.86. The van der Waals surface area contributed by atoms with Crippen molar-refractivity contribution in [2.45, 2.75) is 32.1 Å². The number of nitrogens with zero attached hydrogens (tertiary/aromatic N) is 3. The summed E-state index contributed by atoms with van der Waals surface area (Å²) in [6.07, 6.45) is 5.84. The van der Waals surface area contributed by atoms with Crippen LogP contribution in [0, 0.1) is 0 Å². The quantitative estimate of drug-likeness (QED) is 0.696. The molecule has 1 aromatic rings.